The summed E-state index contributed by atoms with van der Waals surface area (Å²) < 4.78 is 0. The van der Waals surface area contributed by atoms with Crippen LogP contribution in [0.3, 0.4) is 0 Å². The molecule has 0 radical (unpaired) electrons. The zero-order valence-corrected chi connectivity index (χ0v) is 9.69. The molecule has 1 rings (SSSR count). The molecule has 1 aliphatic carbocycles. The maximum absolute atomic E-state index is 11.5. The van der Waals surface area contributed by atoms with Gasteiger partial charge in [0.25, 0.3) is 0 Å². The molecule has 0 aromatic heterocycles. The minimum absolute atomic E-state index is 0.125. The predicted molar refractivity (Wildman–Crippen MR) is 63.8 cm³/mol. The Balaban J connectivity index is 2.22. The van der Waals surface area contributed by atoms with Crippen LogP contribution in [0.2, 0.25) is 0 Å². The van der Waals surface area contributed by atoms with E-state index in [1.165, 1.54) is 0 Å². The summed E-state index contributed by atoms with van der Waals surface area (Å²) in [5.41, 5.74) is 5.64. The average molecular weight is 226 g/mol. The number of nitrogens with two attached hydrogens (primary N) is 1. The van der Waals surface area contributed by atoms with E-state index in [1.807, 2.05) is 0 Å². The number of aliphatic hydroxyl groups excluding tert-OH is 1. The Hall–Kier alpha value is -0.870. The number of amides is 1. The van der Waals surface area contributed by atoms with E-state index in [0.29, 0.717) is 18.9 Å². The monoisotopic (exact) mass is 226 g/mol. The third-order valence-electron chi connectivity index (χ3n) is 3.08. The second-order valence-corrected chi connectivity index (χ2v) is 4.56. The van der Waals surface area contributed by atoms with Gasteiger partial charge in [0.05, 0.1) is 12.1 Å². The Labute approximate surface area is 96.9 Å². The van der Waals surface area contributed by atoms with Crippen LogP contribution in [-0.2, 0) is 4.79 Å². The number of nitrogens with one attached hydrogen (secondary N) is 1. The van der Waals surface area contributed by atoms with Gasteiger partial charge >= 0.3 is 0 Å². The van der Waals surface area contributed by atoms with Crippen LogP contribution in [0.15, 0.2) is 12.7 Å². The van der Waals surface area contributed by atoms with Crippen LogP contribution < -0.4 is 11.1 Å². The van der Waals surface area contributed by atoms with Crippen LogP contribution in [0, 0.1) is 5.92 Å². The van der Waals surface area contributed by atoms with Crippen molar-refractivity contribution in [3.8, 4) is 0 Å². The maximum Gasteiger partial charge on any atom is 0.237 e. The molecule has 0 aromatic rings. The first-order valence-electron chi connectivity index (χ1n) is 5.95. The van der Waals surface area contributed by atoms with Crippen molar-refractivity contribution < 1.29 is 9.90 Å². The van der Waals surface area contributed by atoms with E-state index in [9.17, 15) is 9.90 Å². The number of aliphatic hydroxyl groups is 1. The summed E-state index contributed by atoms with van der Waals surface area (Å²) in [4.78, 5) is 11.5. The Morgan fingerprint density at radius 3 is 3.00 bits per heavy atom. The minimum Gasteiger partial charge on any atom is -0.393 e. The van der Waals surface area contributed by atoms with Gasteiger partial charge in [-0.05, 0) is 31.6 Å². The normalized spacial score (nSPS) is 27.1. The van der Waals surface area contributed by atoms with Crippen molar-refractivity contribution in [2.24, 2.45) is 11.7 Å². The lowest BCUT2D eigenvalue weighted by Crippen LogP contribution is -2.42. The fraction of sp³-hybridized carbons (Fsp3) is 0.750. The second kappa shape index (κ2) is 6.66. The molecule has 16 heavy (non-hydrogen) atoms. The highest BCUT2D eigenvalue weighted by atomic mass is 16.3. The van der Waals surface area contributed by atoms with Crippen LogP contribution in [0.5, 0.6) is 0 Å². The zero-order valence-electron chi connectivity index (χ0n) is 9.69. The Bertz CT molecular complexity index is 243. The topological polar surface area (TPSA) is 75.4 Å². The van der Waals surface area contributed by atoms with Gasteiger partial charge in [0.15, 0.2) is 0 Å². The SMILES string of the molecule is C=CCC(N)C(=O)NCC1CCCC(O)C1. The largest absolute Gasteiger partial charge is 0.393 e. The summed E-state index contributed by atoms with van der Waals surface area (Å²) in [6.45, 7) is 4.18. The molecular weight excluding hydrogens is 204 g/mol. The molecule has 3 atom stereocenters. The van der Waals surface area contributed by atoms with Crippen LogP contribution in [0.1, 0.15) is 32.1 Å². The van der Waals surface area contributed by atoms with Crippen molar-refractivity contribution in [1.29, 1.82) is 0 Å². The Kier molecular flexibility index (Phi) is 5.49. The summed E-state index contributed by atoms with van der Waals surface area (Å²) in [6, 6.07) is -0.494. The highest BCUT2D eigenvalue weighted by Crippen LogP contribution is 2.23. The molecule has 1 saturated carbocycles. The fourth-order valence-electron chi connectivity index (χ4n) is 2.11. The molecule has 4 heteroatoms. The molecule has 0 aliphatic heterocycles. The van der Waals surface area contributed by atoms with Crippen LogP contribution >= 0.6 is 0 Å². The predicted octanol–water partition coefficient (Wildman–Crippen LogP) is 0.557. The number of carbonyl (C=O) groups is 1. The second-order valence-electron chi connectivity index (χ2n) is 4.56. The van der Waals surface area contributed by atoms with Crippen molar-refractivity contribution in [3.05, 3.63) is 12.7 Å². The first kappa shape index (κ1) is 13.2. The van der Waals surface area contributed by atoms with Gasteiger partial charge in [-0.2, -0.15) is 0 Å². The molecule has 0 spiro atoms. The standard InChI is InChI=1S/C12H22N2O2/c1-2-4-11(13)12(16)14-8-9-5-3-6-10(15)7-9/h2,9-11,15H,1,3-8,13H2,(H,14,16). The third kappa shape index (κ3) is 4.33. The molecule has 0 aromatic carbocycles. The highest BCUT2D eigenvalue weighted by molar-refractivity contribution is 5.81. The quantitative estimate of drug-likeness (QED) is 0.599. The molecule has 0 bridgehead atoms. The molecule has 1 amide bonds. The van der Waals surface area contributed by atoms with Crippen molar-refractivity contribution in [2.45, 2.75) is 44.2 Å². The molecule has 4 N–H and O–H groups in total. The molecule has 92 valence electrons. The summed E-state index contributed by atoms with van der Waals surface area (Å²) >= 11 is 0. The smallest absolute Gasteiger partial charge is 0.237 e. The molecule has 3 unspecified atom stereocenters. The van der Waals surface area contributed by atoms with Gasteiger partial charge in [-0.15, -0.1) is 6.58 Å². The summed E-state index contributed by atoms with van der Waals surface area (Å²) in [6.07, 6.45) is 5.75. The molecule has 0 saturated heterocycles. The van der Waals surface area contributed by atoms with E-state index < -0.39 is 6.04 Å². The van der Waals surface area contributed by atoms with Gasteiger partial charge in [-0.25, -0.2) is 0 Å². The van der Waals surface area contributed by atoms with E-state index in [1.54, 1.807) is 6.08 Å². The van der Waals surface area contributed by atoms with E-state index in [0.717, 1.165) is 25.7 Å². The number of carbonyl (C=O) groups excluding carboxylic acids is 1. The number of rotatable bonds is 5. The van der Waals surface area contributed by atoms with Gasteiger partial charge in [-0.1, -0.05) is 12.5 Å². The lowest BCUT2D eigenvalue weighted by Gasteiger charge is -2.26. The van der Waals surface area contributed by atoms with Crippen molar-refractivity contribution in [2.75, 3.05) is 6.54 Å². The first-order chi connectivity index (χ1) is 7.63. The average Bonchev–Trinajstić information content (AvgIpc) is 2.26. The van der Waals surface area contributed by atoms with Crippen LogP contribution in [0.25, 0.3) is 0 Å². The van der Waals surface area contributed by atoms with Crippen LogP contribution in [-0.4, -0.2) is 29.7 Å². The van der Waals surface area contributed by atoms with Crippen molar-refractivity contribution >= 4 is 5.91 Å². The molecular formula is C12H22N2O2. The maximum atomic E-state index is 11.5. The lowest BCUT2D eigenvalue weighted by atomic mass is 9.87. The van der Waals surface area contributed by atoms with Gasteiger partial charge < -0.3 is 16.2 Å². The first-order valence-corrected chi connectivity index (χ1v) is 5.95. The number of hydrogen-bond donors (Lipinski definition) is 3. The van der Waals surface area contributed by atoms with Gasteiger partial charge in [0.2, 0.25) is 5.91 Å². The lowest BCUT2D eigenvalue weighted by molar-refractivity contribution is -0.122. The molecule has 1 aliphatic rings. The number of hydrogen-bond acceptors (Lipinski definition) is 3. The van der Waals surface area contributed by atoms with E-state index >= 15 is 0 Å². The molecule has 1 fully saturated rings. The van der Waals surface area contributed by atoms with E-state index in [-0.39, 0.29) is 12.0 Å². The molecule has 0 heterocycles. The van der Waals surface area contributed by atoms with Gasteiger partial charge in [0, 0.05) is 6.54 Å². The molecule has 4 nitrogen and oxygen atoms in total. The zero-order chi connectivity index (χ0) is 12.0. The van der Waals surface area contributed by atoms with Gasteiger partial charge in [0.1, 0.15) is 0 Å². The fourth-order valence-corrected chi connectivity index (χ4v) is 2.11. The summed E-state index contributed by atoms with van der Waals surface area (Å²) in [7, 11) is 0. The highest BCUT2D eigenvalue weighted by Gasteiger charge is 2.21. The van der Waals surface area contributed by atoms with Crippen molar-refractivity contribution in [1.82, 2.24) is 5.32 Å². The van der Waals surface area contributed by atoms with E-state index in [2.05, 4.69) is 11.9 Å². The minimum atomic E-state index is -0.494. The third-order valence-corrected chi connectivity index (χ3v) is 3.08. The van der Waals surface area contributed by atoms with Crippen LogP contribution in [0.4, 0.5) is 0 Å². The van der Waals surface area contributed by atoms with Crippen molar-refractivity contribution in [3.63, 3.8) is 0 Å². The summed E-state index contributed by atoms with van der Waals surface area (Å²) in [5, 5.41) is 12.3. The Morgan fingerprint density at radius 1 is 1.62 bits per heavy atom. The van der Waals surface area contributed by atoms with E-state index in [4.69, 9.17) is 5.73 Å². The summed E-state index contributed by atoms with van der Waals surface area (Å²) in [5.74, 6) is 0.267. The Morgan fingerprint density at radius 2 is 2.38 bits per heavy atom. The van der Waals surface area contributed by atoms with Gasteiger partial charge in [-0.3, -0.25) is 4.79 Å².